The molecule has 7 nitrogen and oxygen atoms in total. The maximum atomic E-state index is 5.42. The molecule has 0 radical (unpaired) electrons. The molecule has 30 heavy (non-hydrogen) atoms. The topological polar surface area (TPSA) is 78.1 Å². The Morgan fingerprint density at radius 1 is 0.967 bits per heavy atom. The molecule has 154 valence electrons. The summed E-state index contributed by atoms with van der Waals surface area (Å²) in [5.74, 6) is 1.87. The van der Waals surface area contributed by atoms with E-state index in [9.17, 15) is 0 Å². The van der Waals surface area contributed by atoms with Crippen LogP contribution < -0.4 is 19.7 Å². The number of nitrogens with zero attached hydrogens (tertiary/aromatic N) is 3. The smallest absolute Gasteiger partial charge is 0.231 e. The van der Waals surface area contributed by atoms with Gasteiger partial charge in [0, 0.05) is 12.2 Å². The second-order valence-corrected chi connectivity index (χ2v) is 7.47. The standard InChI is InChI=1S/C22H24N6OS/c1-14(2)28(30)18-10-6-4-8-16(18)24-21-15-12-13-23-20(15)26-22(27-21)25-17-9-5-7-11-19(17)29-3/h4-14,30H,1-3H3,(H3,23,24,25,26,27). The van der Waals surface area contributed by atoms with Crippen LogP contribution in [-0.4, -0.2) is 28.1 Å². The number of nitrogens with one attached hydrogen (secondary N) is 3. The highest BCUT2D eigenvalue weighted by Crippen LogP contribution is 2.34. The van der Waals surface area contributed by atoms with E-state index in [0.29, 0.717) is 11.8 Å². The summed E-state index contributed by atoms with van der Waals surface area (Å²) in [5.41, 5.74) is 3.40. The lowest BCUT2D eigenvalue weighted by molar-refractivity contribution is 0.417. The van der Waals surface area contributed by atoms with Crippen LogP contribution >= 0.6 is 12.8 Å². The molecule has 0 aliphatic carbocycles. The van der Waals surface area contributed by atoms with Gasteiger partial charge in [-0.25, -0.2) is 0 Å². The van der Waals surface area contributed by atoms with Crippen LogP contribution in [0.15, 0.2) is 60.8 Å². The van der Waals surface area contributed by atoms with E-state index < -0.39 is 0 Å². The molecular formula is C22H24N6OS. The van der Waals surface area contributed by atoms with Gasteiger partial charge in [0.05, 0.1) is 29.6 Å². The molecule has 0 unspecified atom stereocenters. The van der Waals surface area contributed by atoms with Gasteiger partial charge in [0.25, 0.3) is 0 Å². The zero-order valence-electron chi connectivity index (χ0n) is 17.0. The highest BCUT2D eigenvalue weighted by Gasteiger charge is 2.15. The molecule has 2 aromatic carbocycles. The summed E-state index contributed by atoms with van der Waals surface area (Å²) < 4.78 is 7.35. The van der Waals surface area contributed by atoms with Crippen molar-refractivity contribution in [1.29, 1.82) is 0 Å². The van der Waals surface area contributed by atoms with Crippen molar-refractivity contribution in [3.8, 4) is 5.75 Å². The van der Waals surface area contributed by atoms with Crippen molar-refractivity contribution in [2.45, 2.75) is 19.9 Å². The molecule has 0 fully saturated rings. The van der Waals surface area contributed by atoms with Gasteiger partial charge in [-0.15, -0.1) is 0 Å². The monoisotopic (exact) mass is 420 g/mol. The summed E-state index contributed by atoms with van der Waals surface area (Å²) >= 11 is 4.65. The van der Waals surface area contributed by atoms with E-state index in [1.165, 1.54) is 0 Å². The van der Waals surface area contributed by atoms with Crippen molar-refractivity contribution < 1.29 is 4.74 Å². The molecule has 8 heteroatoms. The average molecular weight is 421 g/mol. The number of benzene rings is 2. The number of para-hydroxylation sites is 4. The molecular weight excluding hydrogens is 396 g/mol. The highest BCUT2D eigenvalue weighted by atomic mass is 32.1. The maximum Gasteiger partial charge on any atom is 0.231 e. The first-order valence-corrected chi connectivity index (χ1v) is 10.1. The largest absolute Gasteiger partial charge is 0.495 e. The molecule has 4 aromatic rings. The third-order valence-corrected chi connectivity index (χ3v) is 5.34. The van der Waals surface area contributed by atoms with Gasteiger partial charge in [0.15, 0.2) is 0 Å². The van der Waals surface area contributed by atoms with Crippen molar-refractivity contribution in [3.05, 3.63) is 60.8 Å². The first kappa shape index (κ1) is 19.9. The average Bonchev–Trinajstić information content (AvgIpc) is 3.23. The van der Waals surface area contributed by atoms with Crippen LogP contribution in [0.3, 0.4) is 0 Å². The van der Waals surface area contributed by atoms with Crippen molar-refractivity contribution in [3.63, 3.8) is 0 Å². The van der Waals surface area contributed by atoms with Crippen LogP contribution in [0, 0.1) is 0 Å². The number of ether oxygens (including phenoxy) is 1. The van der Waals surface area contributed by atoms with Crippen LogP contribution in [0.5, 0.6) is 5.75 Å². The Morgan fingerprint density at radius 2 is 1.70 bits per heavy atom. The summed E-state index contributed by atoms with van der Waals surface area (Å²) in [7, 11) is 1.64. The van der Waals surface area contributed by atoms with Gasteiger partial charge in [-0.05, 0) is 44.2 Å². The fourth-order valence-corrected chi connectivity index (χ4v) is 3.32. The van der Waals surface area contributed by atoms with E-state index in [2.05, 4.69) is 47.3 Å². The van der Waals surface area contributed by atoms with Crippen LogP contribution in [0.25, 0.3) is 11.0 Å². The molecule has 2 aromatic heterocycles. The zero-order chi connectivity index (χ0) is 21.1. The van der Waals surface area contributed by atoms with Gasteiger partial charge < -0.3 is 24.7 Å². The lowest BCUT2D eigenvalue weighted by Crippen LogP contribution is -2.20. The van der Waals surface area contributed by atoms with E-state index in [-0.39, 0.29) is 6.04 Å². The van der Waals surface area contributed by atoms with E-state index in [1.807, 2.05) is 65.1 Å². The molecule has 0 bridgehead atoms. The summed E-state index contributed by atoms with van der Waals surface area (Å²) in [6, 6.07) is 17.9. The van der Waals surface area contributed by atoms with Gasteiger partial charge in [0.2, 0.25) is 5.95 Å². The molecule has 0 amide bonds. The minimum absolute atomic E-state index is 0.233. The molecule has 4 rings (SSSR count). The second-order valence-electron chi connectivity index (χ2n) is 7.04. The Kier molecular flexibility index (Phi) is 5.67. The molecule has 0 saturated carbocycles. The number of H-pyrrole nitrogens is 1. The lowest BCUT2D eigenvalue weighted by Gasteiger charge is -2.25. The summed E-state index contributed by atoms with van der Waals surface area (Å²) in [6.07, 6.45) is 1.85. The summed E-state index contributed by atoms with van der Waals surface area (Å²) in [4.78, 5) is 12.5. The van der Waals surface area contributed by atoms with Crippen LogP contribution in [0.2, 0.25) is 0 Å². The highest BCUT2D eigenvalue weighted by molar-refractivity contribution is 7.81. The number of fused-ring (bicyclic) bond motifs is 1. The molecule has 2 heterocycles. The van der Waals surface area contributed by atoms with E-state index >= 15 is 0 Å². The second kappa shape index (κ2) is 8.54. The number of hydrogen-bond acceptors (Lipinski definition) is 7. The number of methoxy groups -OCH3 is 1. The van der Waals surface area contributed by atoms with Crippen molar-refractivity contribution in [2.75, 3.05) is 22.0 Å². The van der Waals surface area contributed by atoms with E-state index in [4.69, 9.17) is 9.72 Å². The van der Waals surface area contributed by atoms with Crippen LogP contribution in [0.1, 0.15) is 13.8 Å². The fraction of sp³-hybridized carbons (Fsp3) is 0.182. The van der Waals surface area contributed by atoms with Crippen LogP contribution in [0.4, 0.5) is 28.8 Å². The number of rotatable bonds is 7. The quantitative estimate of drug-likeness (QED) is 0.295. The van der Waals surface area contributed by atoms with Crippen molar-refractivity contribution in [2.24, 2.45) is 0 Å². The number of aromatic amines is 1. The van der Waals surface area contributed by atoms with Gasteiger partial charge in [-0.3, -0.25) is 0 Å². The number of thiol groups is 1. The van der Waals surface area contributed by atoms with Gasteiger partial charge in [0.1, 0.15) is 17.2 Å². The summed E-state index contributed by atoms with van der Waals surface area (Å²) in [6.45, 7) is 4.18. The number of aromatic nitrogens is 3. The molecule has 0 aliphatic heterocycles. The third kappa shape index (κ3) is 3.99. The minimum Gasteiger partial charge on any atom is -0.495 e. The Labute approximate surface area is 181 Å². The normalized spacial score (nSPS) is 11.0. The Balaban J connectivity index is 1.73. The van der Waals surface area contributed by atoms with Gasteiger partial charge in [-0.2, -0.15) is 9.97 Å². The first-order valence-electron chi connectivity index (χ1n) is 9.66. The van der Waals surface area contributed by atoms with Gasteiger partial charge >= 0.3 is 0 Å². The third-order valence-electron chi connectivity index (χ3n) is 4.66. The number of anilines is 5. The zero-order valence-corrected chi connectivity index (χ0v) is 17.9. The predicted octanol–water partition coefficient (Wildman–Crippen LogP) is 5.51. The fourth-order valence-electron chi connectivity index (χ4n) is 3.15. The lowest BCUT2D eigenvalue weighted by atomic mass is 10.2. The van der Waals surface area contributed by atoms with Gasteiger partial charge in [-0.1, -0.05) is 37.1 Å². The predicted molar refractivity (Wildman–Crippen MR) is 126 cm³/mol. The van der Waals surface area contributed by atoms with Crippen LogP contribution in [-0.2, 0) is 0 Å². The molecule has 0 spiro atoms. The Bertz CT molecular complexity index is 1160. The Hall–Kier alpha value is -3.39. The molecule has 3 N–H and O–H groups in total. The first-order chi connectivity index (χ1) is 14.6. The minimum atomic E-state index is 0.233. The maximum absolute atomic E-state index is 5.42. The van der Waals surface area contributed by atoms with Crippen molar-refractivity contribution >= 4 is 52.7 Å². The molecule has 0 atom stereocenters. The van der Waals surface area contributed by atoms with E-state index in [0.717, 1.165) is 33.8 Å². The Morgan fingerprint density at radius 3 is 2.47 bits per heavy atom. The SMILES string of the molecule is COc1ccccc1Nc1nc(Nc2ccccc2N(S)C(C)C)c2cc[nH]c2n1. The summed E-state index contributed by atoms with van der Waals surface area (Å²) in [5, 5.41) is 7.61. The van der Waals surface area contributed by atoms with E-state index in [1.54, 1.807) is 7.11 Å². The van der Waals surface area contributed by atoms with Crippen molar-refractivity contribution in [1.82, 2.24) is 15.0 Å². The molecule has 0 saturated heterocycles. The molecule has 0 aliphatic rings. The number of hydrogen-bond donors (Lipinski definition) is 4.